The summed E-state index contributed by atoms with van der Waals surface area (Å²) in [4.78, 5) is 28.6. The SMILES string of the molecule is CCCCNC(=O)C(Cc1ccccc1)N(Cc1ccc(Cl)cc1)C(=O)COc1ccc(Cl)c(C)c1. The van der Waals surface area contributed by atoms with Gasteiger partial charge in [0.1, 0.15) is 11.8 Å². The number of nitrogens with zero attached hydrogens (tertiary/aromatic N) is 1. The summed E-state index contributed by atoms with van der Waals surface area (Å²) < 4.78 is 5.82. The van der Waals surface area contributed by atoms with Crippen LogP contribution in [0.4, 0.5) is 0 Å². The molecule has 2 amide bonds. The number of rotatable bonds is 12. The molecule has 3 rings (SSSR count). The van der Waals surface area contributed by atoms with Crippen molar-refractivity contribution in [1.82, 2.24) is 10.2 Å². The average molecular weight is 527 g/mol. The number of halogens is 2. The maximum Gasteiger partial charge on any atom is 0.261 e. The highest BCUT2D eigenvalue weighted by Gasteiger charge is 2.30. The first-order valence-electron chi connectivity index (χ1n) is 12.1. The molecular formula is C29H32Cl2N2O3. The first kappa shape index (κ1) is 27.6. The summed E-state index contributed by atoms with van der Waals surface area (Å²) in [5.41, 5.74) is 2.70. The molecule has 190 valence electrons. The van der Waals surface area contributed by atoms with E-state index in [0.717, 1.165) is 29.5 Å². The number of ether oxygens (including phenoxy) is 1. The van der Waals surface area contributed by atoms with E-state index in [1.54, 1.807) is 35.2 Å². The number of hydrogen-bond acceptors (Lipinski definition) is 3. The summed E-state index contributed by atoms with van der Waals surface area (Å²) >= 11 is 12.2. The second-order valence-corrected chi connectivity index (χ2v) is 9.54. The van der Waals surface area contributed by atoms with Crippen LogP contribution in [0.15, 0.2) is 72.8 Å². The molecule has 0 radical (unpaired) electrons. The summed E-state index contributed by atoms with van der Waals surface area (Å²) in [5, 5.41) is 4.25. The van der Waals surface area contributed by atoms with Gasteiger partial charge in [-0.15, -0.1) is 0 Å². The van der Waals surface area contributed by atoms with Crippen molar-refractivity contribution in [3.8, 4) is 5.75 Å². The Morgan fingerprint density at radius 2 is 1.69 bits per heavy atom. The van der Waals surface area contributed by atoms with Gasteiger partial charge in [-0.2, -0.15) is 0 Å². The Kier molecular flexibility index (Phi) is 10.6. The molecule has 0 saturated heterocycles. The van der Waals surface area contributed by atoms with Crippen molar-refractivity contribution in [3.05, 3.63) is 99.5 Å². The molecule has 36 heavy (non-hydrogen) atoms. The Bertz CT molecular complexity index is 1140. The molecule has 3 aromatic rings. The Balaban J connectivity index is 1.88. The van der Waals surface area contributed by atoms with Crippen molar-refractivity contribution in [2.45, 2.75) is 45.7 Å². The molecule has 7 heteroatoms. The lowest BCUT2D eigenvalue weighted by Gasteiger charge is -2.31. The van der Waals surface area contributed by atoms with E-state index in [1.807, 2.05) is 49.4 Å². The van der Waals surface area contributed by atoms with Gasteiger partial charge >= 0.3 is 0 Å². The van der Waals surface area contributed by atoms with Gasteiger partial charge in [0, 0.05) is 29.6 Å². The van der Waals surface area contributed by atoms with Gasteiger partial charge in [-0.05, 0) is 60.4 Å². The molecule has 1 atom stereocenters. The first-order chi connectivity index (χ1) is 17.4. The fourth-order valence-electron chi connectivity index (χ4n) is 3.78. The number of hydrogen-bond donors (Lipinski definition) is 1. The van der Waals surface area contributed by atoms with E-state index in [0.29, 0.717) is 28.8 Å². The quantitative estimate of drug-likeness (QED) is 0.284. The predicted molar refractivity (Wildman–Crippen MR) is 146 cm³/mol. The van der Waals surface area contributed by atoms with E-state index in [2.05, 4.69) is 12.2 Å². The van der Waals surface area contributed by atoms with Gasteiger partial charge in [0.2, 0.25) is 5.91 Å². The molecule has 1 unspecified atom stereocenters. The van der Waals surface area contributed by atoms with Crippen LogP contribution in [0.1, 0.15) is 36.5 Å². The van der Waals surface area contributed by atoms with Gasteiger partial charge in [0.25, 0.3) is 5.91 Å². The summed E-state index contributed by atoms with van der Waals surface area (Å²) in [6.45, 7) is 4.55. The Morgan fingerprint density at radius 1 is 0.972 bits per heavy atom. The molecule has 0 fully saturated rings. The lowest BCUT2D eigenvalue weighted by atomic mass is 10.0. The van der Waals surface area contributed by atoms with E-state index in [9.17, 15) is 9.59 Å². The number of carbonyl (C=O) groups excluding carboxylic acids is 2. The molecule has 3 aromatic carbocycles. The molecular weight excluding hydrogens is 495 g/mol. The highest BCUT2D eigenvalue weighted by Crippen LogP contribution is 2.22. The van der Waals surface area contributed by atoms with Crippen LogP contribution in [0, 0.1) is 6.92 Å². The highest BCUT2D eigenvalue weighted by atomic mass is 35.5. The van der Waals surface area contributed by atoms with E-state index in [4.69, 9.17) is 27.9 Å². The van der Waals surface area contributed by atoms with Gasteiger partial charge in [-0.25, -0.2) is 0 Å². The van der Waals surface area contributed by atoms with Crippen LogP contribution in [0.5, 0.6) is 5.75 Å². The lowest BCUT2D eigenvalue weighted by molar-refractivity contribution is -0.142. The van der Waals surface area contributed by atoms with Crippen LogP contribution < -0.4 is 10.1 Å². The van der Waals surface area contributed by atoms with Gasteiger partial charge in [-0.1, -0.05) is 79.0 Å². The number of unbranched alkanes of at least 4 members (excludes halogenated alkanes) is 1. The maximum absolute atomic E-state index is 13.6. The Labute approximate surface area is 223 Å². The third-order valence-electron chi connectivity index (χ3n) is 5.86. The average Bonchev–Trinajstić information content (AvgIpc) is 2.88. The predicted octanol–water partition coefficient (Wildman–Crippen LogP) is 6.24. The zero-order valence-corrected chi connectivity index (χ0v) is 22.2. The Hall–Kier alpha value is -3.02. The van der Waals surface area contributed by atoms with Crippen LogP contribution in [-0.4, -0.2) is 35.9 Å². The minimum atomic E-state index is -0.706. The molecule has 5 nitrogen and oxygen atoms in total. The molecule has 0 saturated carbocycles. The zero-order valence-electron chi connectivity index (χ0n) is 20.7. The van der Waals surface area contributed by atoms with E-state index in [-0.39, 0.29) is 25.0 Å². The van der Waals surface area contributed by atoms with Gasteiger partial charge in [0.15, 0.2) is 6.61 Å². The van der Waals surface area contributed by atoms with Crippen LogP contribution in [-0.2, 0) is 22.6 Å². The molecule has 0 bridgehead atoms. The van der Waals surface area contributed by atoms with Crippen molar-refractivity contribution in [2.24, 2.45) is 0 Å². The van der Waals surface area contributed by atoms with Crippen molar-refractivity contribution >= 4 is 35.0 Å². The van der Waals surface area contributed by atoms with Crippen molar-refractivity contribution in [3.63, 3.8) is 0 Å². The van der Waals surface area contributed by atoms with Gasteiger partial charge in [0.05, 0.1) is 0 Å². The highest BCUT2D eigenvalue weighted by molar-refractivity contribution is 6.31. The van der Waals surface area contributed by atoms with Crippen LogP contribution >= 0.6 is 23.2 Å². The standard InChI is InChI=1S/C29H32Cl2N2O3/c1-3-4-16-32-29(35)27(18-22-8-6-5-7-9-22)33(19-23-10-12-24(30)13-11-23)28(34)20-36-25-14-15-26(31)21(2)17-25/h5-15,17,27H,3-4,16,18-20H2,1-2H3,(H,32,35). The maximum atomic E-state index is 13.6. The zero-order chi connectivity index (χ0) is 25.9. The van der Waals surface area contributed by atoms with Gasteiger partial charge in [-0.3, -0.25) is 9.59 Å². The lowest BCUT2D eigenvalue weighted by Crippen LogP contribution is -2.51. The minimum Gasteiger partial charge on any atom is -0.484 e. The topological polar surface area (TPSA) is 58.6 Å². The fourth-order valence-corrected chi connectivity index (χ4v) is 4.03. The fraction of sp³-hybridized carbons (Fsp3) is 0.310. The smallest absolute Gasteiger partial charge is 0.261 e. The molecule has 0 spiro atoms. The number of amides is 2. The number of nitrogens with one attached hydrogen (secondary N) is 1. The molecule has 0 aliphatic rings. The molecule has 0 heterocycles. The largest absolute Gasteiger partial charge is 0.484 e. The molecule has 0 aliphatic carbocycles. The summed E-state index contributed by atoms with van der Waals surface area (Å²) in [5.74, 6) is 0.0739. The van der Waals surface area contributed by atoms with Gasteiger partial charge < -0.3 is 15.0 Å². The van der Waals surface area contributed by atoms with E-state index < -0.39 is 6.04 Å². The molecule has 0 aliphatic heterocycles. The summed E-state index contributed by atoms with van der Waals surface area (Å²) in [7, 11) is 0. The summed E-state index contributed by atoms with van der Waals surface area (Å²) in [6.07, 6.45) is 2.22. The van der Waals surface area contributed by atoms with Crippen molar-refractivity contribution in [1.29, 1.82) is 0 Å². The van der Waals surface area contributed by atoms with Crippen LogP contribution in [0.2, 0.25) is 10.0 Å². The first-order valence-corrected chi connectivity index (χ1v) is 12.9. The second kappa shape index (κ2) is 13.9. The third kappa shape index (κ3) is 8.28. The Morgan fingerprint density at radius 3 is 2.36 bits per heavy atom. The van der Waals surface area contributed by atoms with Crippen molar-refractivity contribution < 1.29 is 14.3 Å². The van der Waals surface area contributed by atoms with Crippen molar-refractivity contribution in [2.75, 3.05) is 13.2 Å². The second-order valence-electron chi connectivity index (χ2n) is 8.70. The van der Waals surface area contributed by atoms with E-state index >= 15 is 0 Å². The number of benzene rings is 3. The van der Waals surface area contributed by atoms with Crippen LogP contribution in [0.25, 0.3) is 0 Å². The monoisotopic (exact) mass is 526 g/mol. The number of aryl methyl sites for hydroxylation is 1. The normalized spacial score (nSPS) is 11.6. The number of carbonyl (C=O) groups is 2. The van der Waals surface area contributed by atoms with Crippen LogP contribution in [0.3, 0.4) is 0 Å². The minimum absolute atomic E-state index is 0.183. The summed E-state index contributed by atoms with van der Waals surface area (Å²) in [6, 6.07) is 21.5. The van der Waals surface area contributed by atoms with E-state index in [1.165, 1.54) is 0 Å². The third-order valence-corrected chi connectivity index (χ3v) is 6.53. The molecule has 0 aromatic heterocycles. The molecule has 1 N–H and O–H groups in total.